The lowest BCUT2D eigenvalue weighted by Crippen LogP contribution is -2.47. The first-order chi connectivity index (χ1) is 26.5. The van der Waals surface area contributed by atoms with Crippen molar-refractivity contribution in [1.29, 1.82) is 5.26 Å². The van der Waals surface area contributed by atoms with E-state index in [2.05, 4.69) is 20.9 Å². The lowest BCUT2D eigenvalue weighted by Gasteiger charge is -2.31. The van der Waals surface area contributed by atoms with Crippen molar-refractivity contribution < 1.29 is 37.1 Å². The molecule has 0 aliphatic carbocycles. The summed E-state index contributed by atoms with van der Waals surface area (Å²) in [5.41, 5.74) is -1.39. The topological polar surface area (TPSA) is 147 Å². The average molecular weight is 810 g/mol. The minimum Gasteiger partial charge on any atom is -0.492 e. The van der Waals surface area contributed by atoms with E-state index < -0.39 is 34.8 Å². The number of hydrogen-bond donors (Lipinski definition) is 3. The SMILES string of the molecule is CC1(C)C(=O)N(c2ccc(C#N)c(C(F)(F)F)c2)C(=S)N1c1ccc(OCCC2CCN(CC(=O)Nc3cccc(NC4CCC(=O)NC4=O)c3)CC2)c(Cl)c1. The van der Waals surface area contributed by atoms with Gasteiger partial charge in [0, 0.05) is 23.5 Å². The van der Waals surface area contributed by atoms with Gasteiger partial charge in [0.1, 0.15) is 17.3 Å². The summed E-state index contributed by atoms with van der Waals surface area (Å²) in [6.07, 6.45) is -1.62. The highest BCUT2D eigenvalue weighted by atomic mass is 35.5. The zero-order chi connectivity index (χ0) is 40.4. The van der Waals surface area contributed by atoms with Crippen molar-refractivity contribution in [2.45, 2.75) is 63.7 Å². The number of thiocarbonyl (C=S) groups is 1. The molecule has 3 aromatic rings. The number of carbonyl (C=O) groups excluding carboxylic acids is 4. The molecule has 1 unspecified atom stereocenters. The number of rotatable bonds is 11. The van der Waals surface area contributed by atoms with Crippen LogP contribution in [0.4, 0.5) is 35.9 Å². The van der Waals surface area contributed by atoms with E-state index in [1.54, 1.807) is 62.4 Å². The Balaban J connectivity index is 0.976. The molecule has 56 heavy (non-hydrogen) atoms. The highest BCUT2D eigenvalue weighted by Gasteiger charge is 2.51. The van der Waals surface area contributed by atoms with Gasteiger partial charge in [-0.05, 0) is 125 Å². The van der Waals surface area contributed by atoms with Crippen molar-refractivity contribution in [1.82, 2.24) is 10.2 Å². The summed E-state index contributed by atoms with van der Waals surface area (Å²) in [4.78, 5) is 54.6. The summed E-state index contributed by atoms with van der Waals surface area (Å²) < 4.78 is 47.1. The predicted molar refractivity (Wildman–Crippen MR) is 208 cm³/mol. The van der Waals surface area contributed by atoms with E-state index in [9.17, 15) is 37.6 Å². The first kappa shape index (κ1) is 40.4. The van der Waals surface area contributed by atoms with Crippen molar-refractivity contribution in [2.75, 3.05) is 46.7 Å². The summed E-state index contributed by atoms with van der Waals surface area (Å²) in [6.45, 7) is 5.33. The minimum absolute atomic E-state index is 0.0417. The van der Waals surface area contributed by atoms with Crippen molar-refractivity contribution >= 4 is 75.3 Å². The molecule has 12 nitrogen and oxygen atoms in total. The number of nitrogens with one attached hydrogen (secondary N) is 3. The van der Waals surface area contributed by atoms with E-state index in [0.29, 0.717) is 41.8 Å². The van der Waals surface area contributed by atoms with Crippen molar-refractivity contribution in [3.8, 4) is 11.8 Å². The minimum atomic E-state index is -4.81. The van der Waals surface area contributed by atoms with Gasteiger partial charge < -0.3 is 20.3 Å². The standard InChI is InChI=1S/C39H39ClF3N7O5S/c1-38(2)36(54)49(27-7-6-24(21-44)29(19-27)39(41,42)43)37(56)50(38)28-8-10-32(30(40)20-28)55-17-14-23-12-15-48(16-13-23)22-34(52)46-26-5-3-4-25(18-26)45-31-9-11-33(51)47-35(31)53/h3-8,10,18-20,23,31,45H,9,11-17,22H2,1-2H3,(H,46,52)(H,47,51,53). The normalized spacial score (nSPS) is 19.1. The van der Waals surface area contributed by atoms with Gasteiger partial charge in [-0.2, -0.15) is 18.4 Å². The van der Waals surface area contributed by atoms with Gasteiger partial charge >= 0.3 is 6.18 Å². The van der Waals surface area contributed by atoms with Crippen LogP contribution in [0.15, 0.2) is 60.7 Å². The van der Waals surface area contributed by atoms with E-state index in [1.807, 2.05) is 0 Å². The first-order valence-electron chi connectivity index (χ1n) is 18.0. The number of likely N-dealkylation sites (tertiary alicyclic amines) is 1. The van der Waals surface area contributed by atoms with Gasteiger partial charge in [0.15, 0.2) is 5.11 Å². The molecule has 4 amide bonds. The molecule has 3 aliphatic heterocycles. The maximum atomic E-state index is 13.7. The van der Waals surface area contributed by atoms with E-state index in [1.165, 1.54) is 11.0 Å². The summed E-state index contributed by atoms with van der Waals surface area (Å²) in [5, 5.41) is 17.8. The number of alkyl halides is 3. The van der Waals surface area contributed by atoms with Gasteiger partial charge in [-0.15, -0.1) is 0 Å². The van der Waals surface area contributed by atoms with Crippen LogP contribution in [-0.4, -0.2) is 71.5 Å². The monoisotopic (exact) mass is 809 g/mol. The fourth-order valence-electron chi connectivity index (χ4n) is 7.10. The molecule has 17 heteroatoms. The lowest BCUT2D eigenvalue weighted by molar-refractivity contribution is -0.138. The number of ether oxygens (including phenoxy) is 1. The quantitative estimate of drug-likeness (QED) is 0.145. The maximum Gasteiger partial charge on any atom is 0.417 e. The van der Waals surface area contributed by atoms with Crippen molar-refractivity contribution in [3.05, 3.63) is 76.8 Å². The van der Waals surface area contributed by atoms with E-state index in [-0.39, 0.29) is 46.5 Å². The van der Waals surface area contributed by atoms with Crippen LogP contribution in [0.3, 0.4) is 0 Å². The Hall–Kier alpha value is -5.24. The Morgan fingerprint density at radius 1 is 1.04 bits per heavy atom. The van der Waals surface area contributed by atoms with Gasteiger partial charge in [0.25, 0.3) is 5.91 Å². The Kier molecular flexibility index (Phi) is 11.9. The van der Waals surface area contributed by atoms with Crippen LogP contribution in [0.2, 0.25) is 5.02 Å². The fourth-order valence-corrected chi connectivity index (χ4v) is 7.85. The number of carbonyl (C=O) groups is 4. The van der Waals surface area contributed by atoms with E-state index in [4.69, 9.17) is 28.6 Å². The van der Waals surface area contributed by atoms with E-state index >= 15 is 0 Å². The third kappa shape index (κ3) is 8.90. The molecule has 0 spiro atoms. The van der Waals surface area contributed by atoms with Crippen LogP contribution in [0.25, 0.3) is 0 Å². The van der Waals surface area contributed by atoms with Crippen molar-refractivity contribution in [3.63, 3.8) is 0 Å². The summed E-state index contributed by atoms with van der Waals surface area (Å²) in [6, 6.07) is 16.1. The van der Waals surface area contributed by atoms with Crippen LogP contribution >= 0.6 is 23.8 Å². The van der Waals surface area contributed by atoms with Crippen molar-refractivity contribution in [2.24, 2.45) is 5.92 Å². The lowest BCUT2D eigenvalue weighted by atomic mass is 9.94. The maximum absolute atomic E-state index is 13.7. The fraction of sp³-hybridized carbons (Fsp3) is 0.385. The van der Waals surface area contributed by atoms with Crippen LogP contribution < -0.4 is 30.5 Å². The first-order valence-corrected chi connectivity index (χ1v) is 18.8. The molecular weight excluding hydrogens is 771 g/mol. The molecule has 3 saturated heterocycles. The molecule has 0 saturated carbocycles. The molecule has 0 radical (unpaired) electrons. The number of nitrogens with zero attached hydrogens (tertiary/aromatic N) is 4. The third-order valence-electron chi connectivity index (χ3n) is 10.1. The largest absolute Gasteiger partial charge is 0.492 e. The average Bonchev–Trinajstić information content (AvgIpc) is 3.32. The molecule has 6 rings (SSSR count). The second-order valence-corrected chi connectivity index (χ2v) is 15.2. The Bertz CT molecular complexity index is 2100. The van der Waals surface area contributed by atoms with E-state index in [0.717, 1.165) is 49.4 Å². The molecule has 3 fully saturated rings. The van der Waals surface area contributed by atoms with Crippen LogP contribution in [-0.2, 0) is 25.4 Å². The summed E-state index contributed by atoms with van der Waals surface area (Å²) in [5.74, 6) is -0.550. The van der Waals surface area contributed by atoms with Gasteiger partial charge in [-0.25, -0.2) is 0 Å². The van der Waals surface area contributed by atoms with Gasteiger partial charge in [-0.3, -0.25) is 34.3 Å². The van der Waals surface area contributed by atoms with Gasteiger partial charge in [-0.1, -0.05) is 17.7 Å². The second kappa shape index (κ2) is 16.5. The number of halogens is 4. The molecule has 0 aromatic heterocycles. The number of piperidine rings is 2. The Labute approximate surface area is 331 Å². The molecule has 3 heterocycles. The molecule has 3 aliphatic rings. The number of anilines is 4. The van der Waals surface area contributed by atoms with Crippen LogP contribution in [0.1, 0.15) is 57.1 Å². The van der Waals surface area contributed by atoms with Gasteiger partial charge in [0.05, 0.1) is 41.1 Å². The number of benzene rings is 3. The zero-order valence-corrected chi connectivity index (χ0v) is 32.1. The summed E-state index contributed by atoms with van der Waals surface area (Å²) in [7, 11) is 0. The van der Waals surface area contributed by atoms with Crippen LogP contribution in [0.5, 0.6) is 5.75 Å². The molecule has 0 bridgehead atoms. The highest BCUT2D eigenvalue weighted by molar-refractivity contribution is 7.81. The number of imide groups is 1. The Morgan fingerprint density at radius 3 is 2.43 bits per heavy atom. The molecule has 3 N–H and O–H groups in total. The molecule has 3 aromatic carbocycles. The number of nitriles is 1. The predicted octanol–water partition coefficient (Wildman–Crippen LogP) is 6.48. The van der Waals surface area contributed by atoms with Gasteiger partial charge in [0.2, 0.25) is 17.7 Å². The number of amides is 4. The zero-order valence-electron chi connectivity index (χ0n) is 30.5. The molecular formula is C39H39ClF3N7O5S. The highest BCUT2D eigenvalue weighted by Crippen LogP contribution is 2.41. The summed E-state index contributed by atoms with van der Waals surface area (Å²) >= 11 is 12.3. The molecule has 1 atom stereocenters. The Morgan fingerprint density at radius 2 is 1.75 bits per heavy atom. The molecule has 294 valence electrons. The van der Waals surface area contributed by atoms with Crippen LogP contribution in [0, 0.1) is 17.2 Å². The second-order valence-electron chi connectivity index (χ2n) is 14.4. The number of hydrogen-bond acceptors (Lipinski definition) is 9. The third-order valence-corrected chi connectivity index (χ3v) is 10.8. The smallest absolute Gasteiger partial charge is 0.417 e.